The van der Waals surface area contributed by atoms with E-state index < -0.39 is 0 Å². The van der Waals surface area contributed by atoms with Gasteiger partial charge in [0.2, 0.25) is 5.91 Å². The van der Waals surface area contributed by atoms with Crippen LogP contribution in [-0.4, -0.2) is 23.7 Å². The van der Waals surface area contributed by atoms with E-state index in [4.69, 9.17) is 0 Å². The van der Waals surface area contributed by atoms with Gasteiger partial charge in [0.25, 0.3) is 0 Å². The Balaban J connectivity index is 2.08. The van der Waals surface area contributed by atoms with Crippen molar-refractivity contribution in [2.75, 3.05) is 6.54 Å². The first-order valence-corrected chi connectivity index (χ1v) is 5.02. The molecule has 0 aromatic carbocycles. The van der Waals surface area contributed by atoms with Crippen molar-refractivity contribution in [3.63, 3.8) is 0 Å². The Kier molecular flexibility index (Phi) is 3.72. The van der Waals surface area contributed by atoms with Crippen molar-refractivity contribution in [3.05, 3.63) is 0 Å². The predicted octanol–water partition coefficient (Wildman–Crippen LogP) is 0.920. The molecule has 0 radical (unpaired) electrons. The van der Waals surface area contributed by atoms with Gasteiger partial charge in [-0.1, -0.05) is 6.92 Å². The van der Waals surface area contributed by atoms with Gasteiger partial charge in [-0.25, -0.2) is 0 Å². The van der Waals surface area contributed by atoms with Crippen molar-refractivity contribution in [3.8, 4) is 0 Å². The van der Waals surface area contributed by atoms with E-state index in [0.717, 1.165) is 12.3 Å². The molecule has 1 saturated carbocycles. The normalized spacial score (nSPS) is 20.8. The minimum atomic E-state index is -0.375. The third kappa shape index (κ3) is 4.27. The van der Waals surface area contributed by atoms with E-state index in [1.54, 1.807) is 0 Å². The SMILES string of the molecule is CC(=O)NCC(O)CC(C)C1CC1. The van der Waals surface area contributed by atoms with E-state index in [1.807, 2.05) is 0 Å². The lowest BCUT2D eigenvalue weighted by Gasteiger charge is -2.15. The van der Waals surface area contributed by atoms with E-state index in [1.165, 1.54) is 19.8 Å². The predicted molar refractivity (Wildman–Crippen MR) is 51.2 cm³/mol. The summed E-state index contributed by atoms with van der Waals surface area (Å²) >= 11 is 0. The van der Waals surface area contributed by atoms with Crippen molar-refractivity contribution in [2.45, 2.75) is 39.2 Å². The van der Waals surface area contributed by atoms with Gasteiger partial charge >= 0.3 is 0 Å². The average Bonchev–Trinajstić information content (AvgIpc) is 2.82. The summed E-state index contributed by atoms with van der Waals surface area (Å²) in [4.78, 5) is 10.6. The Morgan fingerprint density at radius 1 is 1.62 bits per heavy atom. The number of aliphatic hydroxyl groups is 1. The molecule has 0 saturated heterocycles. The summed E-state index contributed by atoms with van der Waals surface area (Å²) in [5, 5.41) is 12.2. The monoisotopic (exact) mass is 185 g/mol. The van der Waals surface area contributed by atoms with Crippen LogP contribution >= 0.6 is 0 Å². The molecule has 0 heterocycles. The quantitative estimate of drug-likeness (QED) is 0.669. The summed E-state index contributed by atoms with van der Waals surface area (Å²) in [6.07, 6.45) is 3.06. The zero-order chi connectivity index (χ0) is 9.84. The van der Waals surface area contributed by atoms with Crippen LogP contribution in [0.25, 0.3) is 0 Å². The second-order valence-corrected chi connectivity index (χ2v) is 4.14. The lowest BCUT2D eigenvalue weighted by atomic mass is 9.98. The molecule has 3 nitrogen and oxygen atoms in total. The van der Waals surface area contributed by atoms with E-state index in [0.29, 0.717) is 12.5 Å². The van der Waals surface area contributed by atoms with Crippen molar-refractivity contribution < 1.29 is 9.90 Å². The highest BCUT2D eigenvalue weighted by atomic mass is 16.3. The molecular weight excluding hydrogens is 166 g/mol. The number of nitrogens with one attached hydrogen (secondary N) is 1. The van der Waals surface area contributed by atoms with Gasteiger partial charge in [0.05, 0.1) is 6.10 Å². The number of hydrogen-bond acceptors (Lipinski definition) is 2. The molecule has 0 aliphatic heterocycles. The van der Waals surface area contributed by atoms with Gasteiger partial charge in [-0.3, -0.25) is 4.79 Å². The van der Waals surface area contributed by atoms with Crippen LogP contribution in [0.2, 0.25) is 0 Å². The highest BCUT2D eigenvalue weighted by Gasteiger charge is 2.28. The van der Waals surface area contributed by atoms with Crippen LogP contribution in [-0.2, 0) is 4.79 Å². The standard InChI is InChI=1S/C10H19NO2/c1-7(9-3-4-9)5-10(13)6-11-8(2)12/h7,9-10,13H,3-6H2,1-2H3,(H,11,12). The first-order chi connectivity index (χ1) is 6.09. The number of rotatable bonds is 5. The highest BCUT2D eigenvalue weighted by molar-refractivity contribution is 5.72. The van der Waals surface area contributed by atoms with Crippen molar-refractivity contribution in [2.24, 2.45) is 11.8 Å². The lowest BCUT2D eigenvalue weighted by Crippen LogP contribution is -2.31. The molecule has 1 amide bonds. The van der Waals surface area contributed by atoms with Crippen molar-refractivity contribution in [1.82, 2.24) is 5.32 Å². The molecule has 1 fully saturated rings. The van der Waals surface area contributed by atoms with Crippen LogP contribution in [0.4, 0.5) is 0 Å². The first-order valence-electron chi connectivity index (χ1n) is 5.02. The molecule has 2 N–H and O–H groups in total. The Morgan fingerprint density at radius 3 is 2.69 bits per heavy atom. The summed E-state index contributed by atoms with van der Waals surface area (Å²) in [6.45, 7) is 4.04. The second kappa shape index (κ2) is 4.61. The van der Waals surface area contributed by atoms with Gasteiger partial charge in [-0.05, 0) is 31.1 Å². The zero-order valence-corrected chi connectivity index (χ0v) is 8.42. The molecule has 2 atom stereocenters. The molecule has 0 spiro atoms. The minimum absolute atomic E-state index is 0.0712. The van der Waals surface area contributed by atoms with Crippen LogP contribution in [0.1, 0.15) is 33.1 Å². The maximum atomic E-state index is 10.6. The van der Waals surface area contributed by atoms with Crippen LogP contribution in [0, 0.1) is 11.8 Å². The average molecular weight is 185 g/mol. The third-order valence-corrected chi connectivity index (χ3v) is 2.66. The first kappa shape index (κ1) is 10.5. The fraction of sp³-hybridized carbons (Fsp3) is 0.900. The molecule has 3 heteroatoms. The molecule has 13 heavy (non-hydrogen) atoms. The molecule has 2 unspecified atom stereocenters. The lowest BCUT2D eigenvalue weighted by molar-refractivity contribution is -0.119. The van der Waals surface area contributed by atoms with E-state index in [-0.39, 0.29) is 12.0 Å². The van der Waals surface area contributed by atoms with Gasteiger partial charge in [0.15, 0.2) is 0 Å². The molecule has 0 bridgehead atoms. The molecule has 76 valence electrons. The summed E-state index contributed by atoms with van der Waals surface area (Å²) in [7, 11) is 0. The fourth-order valence-corrected chi connectivity index (χ4v) is 1.63. The summed E-state index contributed by atoms with van der Waals surface area (Å²) in [5.74, 6) is 1.36. The van der Waals surface area contributed by atoms with Crippen molar-refractivity contribution >= 4 is 5.91 Å². The van der Waals surface area contributed by atoms with Crippen LogP contribution in [0.5, 0.6) is 0 Å². The molecule has 1 aliphatic carbocycles. The molecule has 1 rings (SSSR count). The summed E-state index contributed by atoms with van der Waals surface area (Å²) in [5.41, 5.74) is 0. The number of amides is 1. The van der Waals surface area contributed by atoms with Gasteiger partial charge in [-0.15, -0.1) is 0 Å². The fourth-order valence-electron chi connectivity index (χ4n) is 1.63. The molecule has 0 aromatic rings. The van der Waals surface area contributed by atoms with Gasteiger partial charge in [0.1, 0.15) is 0 Å². The number of carbonyl (C=O) groups is 1. The van der Waals surface area contributed by atoms with E-state index >= 15 is 0 Å². The van der Waals surface area contributed by atoms with Gasteiger partial charge in [0, 0.05) is 13.5 Å². The summed E-state index contributed by atoms with van der Waals surface area (Å²) in [6, 6.07) is 0. The Morgan fingerprint density at radius 2 is 2.23 bits per heavy atom. The number of aliphatic hydroxyl groups excluding tert-OH is 1. The maximum absolute atomic E-state index is 10.6. The third-order valence-electron chi connectivity index (χ3n) is 2.66. The number of hydrogen-bond donors (Lipinski definition) is 2. The van der Waals surface area contributed by atoms with Crippen LogP contribution in [0.3, 0.4) is 0 Å². The van der Waals surface area contributed by atoms with Crippen LogP contribution in [0.15, 0.2) is 0 Å². The second-order valence-electron chi connectivity index (χ2n) is 4.14. The molecule has 0 aromatic heterocycles. The minimum Gasteiger partial charge on any atom is -0.391 e. The highest BCUT2D eigenvalue weighted by Crippen LogP contribution is 2.38. The molecule has 1 aliphatic rings. The smallest absolute Gasteiger partial charge is 0.216 e. The van der Waals surface area contributed by atoms with Gasteiger partial charge in [-0.2, -0.15) is 0 Å². The van der Waals surface area contributed by atoms with E-state index in [2.05, 4.69) is 12.2 Å². The van der Waals surface area contributed by atoms with Crippen LogP contribution < -0.4 is 5.32 Å². The van der Waals surface area contributed by atoms with Crippen molar-refractivity contribution in [1.29, 1.82) is 0 Å². The van der Waals surface area contributed by atoms with Gasteiger partial charge < -0.3 is 10.4 Å². The maximum Gasteiger partial charge on any atom is 0.216 e. The zero-order valence-electron chi connectivity index (χ0n) is 8.42. The topological polar surface area (TPSA) is 49.3 Å². The Hall–Kier alpha value is -0.570. The Bertz CT molecular complexity index is 178. The summed E-state index contributed by atoms with van der Waals surface area (Å²) < 4.78 is 0. The van der Waals surface area contributed by atoms with E-state index in [9.17, 15) is 9.90 Å². The Labute approximate surface area is 79.5 Å². The largest absolute Gasteiger partial charge is 0.391 e. The number of carbonyl (C=O) groups excluding carboxylic acids is 1. The molecular formula is C10H19NO2.